The van der Waals surface area contributed by atoms with E-state index in [0.29, 0.717) is 5.92 Å². The van der Waals surface area contributed by atoms with E-state index in [0.717, 1.165) is 6.54 Å². The molecule has 1 rings (SSSR count). The van der Waals surface area contributed by atoms with Crippen molar-refractivity contribution >= 4 is 0 Å². The lowest BCUT2D eigenvalue weighted by molar-refractivity contribution is 0.769. The molecule has 0 aromatic heterocycles. The van der Waals surface area contributed by atoms with E-state index >= 15 is 0 Å². The highest BCUT2D eigenvalue weighted by Crippen LogP contribution is 2.15. The monoisotopic (exact) mass is 191 g/mol. The van der Waals surface area contributed by atoms with Crippen LogP contribution in [-0.4, -0.2) is 6.54 Å². The van der Waals surface area contributed by atoms with Crippen LogP contribution in [0.25, 0.3) is 0 Å². The van der Waals surface area contributed by atoms with E-state index < -0.39 is 0 Å². The molecule has 2 N–H and O–H groups in total. The van der Waals surface area contributed by atoms with Gasteiger partial charge in [-0.25, -0.2) is 0 Å². The van der Waals surface area contributed by atoms with Gasteiger partial charge < -0.3 is 5.73 Å². The molecule has 1 aromatic rings. The van der Waals surface area contributed by atoms with Gasteiger partial charge in [-0.3, -0.25) is 0 Å². The van der Waals surface area contributed by atoms with E-state index in [4.69, 9.17) is 5.73 Å². The molecule has 0 aliphatic carbocycles. The van der Waals surface area contributed by atoms with E-state index in [1.54, 1.807) is 0 Å². The SMILES string of the molecule is CCCCc1ccc([C@@H](C)CN)cc1. The van der Waals surface area contributed by atoms with Gasteiger partial charge in [0.25, 0.3) is 0 Å². The van der Waals surface area contributed by atoms with Gasteiger partial charge in [-0.1, -0.05) is 44.5 Å². The molecule has 0 heterocycles. The maximum absolute atomic E-state index is 5.62. The number of nitrogens with two attached hydrogens (primary N) is 1. The van der Waals surface area contributed by atoms with Crippen molar-refractivity contribution in [2.24, 2.45) is 5.73 Å². The van der Waals surface area contributed by atoms with Crippen LogP contribution in [0.4, 0.5) is 0 Å². The minimum Gasteiger partial charge on any atom is -0.330 e. The van der Waals surface area contributed by atoms with Crippen molar-refractivity contribution < 1.29 is 0 Å². The molecule has 78 valence electrons. The number of unbranched alkanes of at least 4 members (excludes halogenated alkanes) is 1. The molecule has 0 amide bonds. The van der Waals surface area contributed by atoms with E-state index in [1.165, 1.54) is 30.4 Å². The van der Waals surface area contributed by atoms with E-state index in [-0.39, 0.29) is 0 Å². The molecule has 14 heavy (non-hydrogen) atoms. The first-order valence-electron chi connectivity index (χ1n) is 5.56. The summed E-state index contributed by atoms with van der Waals surface area (Å²) >= 11 is 0. The largest absolute Gasteiger partial charge is 0.330 e. The molecule has 0 unspecified atom stereocenters. The lowest BCUT2D eigenvalue weighted by Crippen LogP contribution is -2.08. The van der Waals surface area contributed by atoms with E-state index in [9.17, 15) is 0 Å². The number of rotatable bonds is 5. The molecule has 0 saturated heterocycles. The van der Waals surface area contributed by atoms with Crippen molar-refractivity contribution in [2.75, 3.05) is 6.54 Å². The van der Waals surface area contributed by atoms with Gasteiger partial charge in [0.1, 0.15) is 0 Å². The second kappa shape index (κ2) is 5.82. The number of hydrogen-bond donors (Lipinski definition) is 1. The van der Waals surface area contributed by atoms with Crippen molar-refractivity contribution in [2.45, 2.75) is 39.0 Å². The summed E-state index contributed by atoms with van der Waals surface area (Å²) in [4.78, 5) is 0. The zero-order valence-electron chi connectivity index (χ0n) is 9.29. The Morgan fingerprint density at radius 3 is 2.36 bits per heavy atom. The predicted octanol–water partition coefficient (Wildman–Crippen LogP) is 3.09. The summed E-state index contributed by atoms with van der Waals surface area (Å²) in [6.45, 7) is 5.13. The molecule has 1 heteroatoms. The van der Waals surface area contributed by atoms with Crippen LogP contribution in [-0.2, 0) is 6.42 Å². The van der Waals surface area contributed by atoms with Crippen LogP contribution in [0.1, 0.15) is 43.7 Å². The van der Waals surface area contributed by atoms with Gasteiger partial charge in [0, 0.05) is 0 Å². The summed E-state index contributed by atoms with van der Waals surface area (Å²) in [6.07, 6.45) is 3.75. The Bertz CT molecular complexity index is 250. The molecule has 0 aliphatic heterocycles. The van der Waals surface area contributed by atoms with Gasteiger partial charge in [-0.2, -0.15) is 0 Å². The summed E-state index contributed by atoms with van der Waals surface area (Å²) in [5, 5.41) is 0. The average Bonchev–Trinajstić information content (AvgIpc) is 2.26. The molecule has 0 aliphatic rings. The quantitative estimate of drug-likeness (QED) is 0.760. The van der Waals surface area contributed by atoms with Gasteiger partial charge in [0.2, 0.25) is 0 Å². The van der Waals surface area contributed by atoms with E-state index in [1.807, 2.05) is 0 Å². The highest BCUT2D eigenvalue weighted by Gasteiger charge is 2.01. The summed E-state index contributed by atoms with van der Waals surface area (Å²) < 4.78 is 0. The second-order valence-corrected chi connectivity index (χ2v) is 3.98. The van der Waals surface area contributed by atoms with Gasteiger partial charge in [0.05, 0.1) is 0 Å². The number of benzene rings is 1. The molecule has 1 aromatic carbocycles. The van der Waals surface area contributed by atoms with Crippen LogP contribution < -0.4 is 5.73 Å². The topological polar surface area (TPSA) is 26.0 Å². The fourth-order valence-electron chi connectivity index (χ4n) is 1.53. The van der Waals surface area contributed by atoms with Crippen LogP contribution in [0.5, 0.6) is 0 Å². The lowest BCUT2D eigenvalue weighted by Gasteiger charge is -2.09. The maximum atomic E-state index is 5.62. The molecule has 0 radical (unpaired) electrons. The number of hydrogen-bond acceptors (Lipinski definition) is 1. The molecule has 0 spiro atoms. The van der Waals surface area contributed by atoms with Gasteiger partial charge in [-0.05, 0) is 36.4 Å². The zero-order chi connectivity index (χ0) is 10.4. The lowest BCUT2D eigenvalue weighted by atomic mass is 9.99. The minimum atomic E-state index is 0.482. The average molecular weight is 191 g/mol. The number of aryl methyl sites for hydroxylation is 1. The Labute approximate surface area is 87.3 Å². The van der Waals surface area contributed by atoms with Crippen LogP contribution in [0.2, 0.25) is 0 Å². The second-order valence-electron chi connectivity index (χ2n) is 3.98. The third kappa shape index (κ3) is 3.15. The molecular weight excluding hydrogens is 170 g/mol. The third-order valence-electron chi connectivity index (χ3n) is 2.72. The van der Waals surface area contributed by atoms with Gasteiger partial charge >= 0.3 is 0 Å². The predicted molar refractivity (Wildman–Crippen MR) is 62.5 cm³/mol. The minimum absolute atomic E-state index is 0.482. The Kier molecular flexibility index (Phi) is 4.68. The normalized spacial score (nSPS) is 12.8. The van der Waals surface area contributed by atoms with Crippen molar-refractivity contribution in [1.29, 1.82) is 0 Å². The Hall–Kier alpha value is -0.820. The zero-order valence-corrected chi connectivity index (χ0v) is 9.29. The van der Waals surface area contributed by atoms with Crippen LogP contribution in [0, 0.1) is 0 Å². The van der Waals surface area contributed by atoms with Gasteiger partial charge in [-0.15, -0.1) is 0 Å². The van der Waals surface area contributed by atoms with Crippen molar-refractivity contribution in [1.82, 2.24) is 0 Å². The summed E-state index contributed by atoms with van der Waals surface area (Å²) in [5.41, 5.74) is 8.42. The molecule has 0 bridgehead atoms. The third-order valence-corrected chi connectivity index (χ3v) is 2.72. The first-order chi connectivity index (χ1) is 6.77. The first kappa shape index (κ1) is 11.3. The molecular formula is C13H21N. The van der Waals surface area contributed by atoms with Crippen molar-refractivity contribution in [3.8, 4) is 0 Å². The Morgan fingerprint density at radius 2 is 1.86 bits per heavy atom. The van der Waals surface area contributed by atoms with Crippen LogP contribution >= 0.6 is 0 Å². The fourth-order valence-corrected chi connectivity index (χ4v) is 1.53. The highest BCUT2D eigenvalue weighted by molar-refractivity contribution is 5.25. The highest BCUT2D eigenvalue weighted by atomic mass is 14.5. The fraction of sp³-hybridized carbons (Fsp3) is 0.538. The van der Waals surface area contributed by atoms with Crippen LogP contribution in [0.15, 0.2) is 24.3 Å². The molecule has 0 saturated carbocycles. The first-order valence-corrected chi connectivity index (χ1v) is 5.56. The van der Waals surface area contributed by atoms with Crippen molar-refractivity contribution in [3.63, 3.8) is 0 Å². The summed E-state index contributed by atoms with van der Waals surface area (Å²) in [5.74, 6) is 0.482. The van der Waals surface area contributed by atoms with E-state index in [2.05, 4.69) is 38.1 Å². The maximum Gasteiger partial charge on any atom is -0.00109 e. The molecule has 0 fully saturated rings. The smallest absolute Gasteiger partial charge is 0.00109 e. The molecule has 1 nitrogen and oxygen atoms in total. The molecule has 1 atom stereocenters. The van der Waals surface area contributed by atoms with Gasteiger partial charge in [0.15, 0.2) is 0 Å². The standard InChI is InChI=1S/C13H21N/c1-3-4-5-12-6-8-13(9-7-12)11(2)10-14/h6-9,11H,3-5,10,14H2,1-2H3/t11-/m0/s1. The summed E-state index contributed by atoms with van der Waals surface area (Å²) in [6, 6.07) is 8.89. The summed E-state index contributed by atoms with van der Waals surface area (Å²) in [7, 11) is 0. The Balaban J connectivity index is 2.59. The Morgan fingerprint density at radius 1 is 1.21 bits per heavy atom. The van der Waals surface area contributed by atoms with Crippen LogP contribution in [0.3, 0.4) is 0 Å². The van der Waals surface area contributed by atoms with Crippen molar-refractivity contribution in [3.05, 3.63) is 35.4 Å².